The molecule has 1 N–H and O–H groups in total. The second-order valence-electron chi connectivity index (χ2n) is 6.25. The predicted octanol–water partition coefficient (Wildman–Crippen LogP) is 1.26. The Hall–Kier alpha value is -1.08. The molecule has 8 heteroatoms. The molecule has 1 amide bonds. The Morgan fingerprint density at radius 3 is 2.56 bits per heavy atom. The van der Waals surface area contributed by atoms with Crippen LogP contribution in [0.4, 0.5) is 5.82 Å². The van der Waals surface area contributed by atoms with Crippen molar-refractivity contribution >= 4 is 36.5 Å². The highest BCUT2D eigenvalue weighted by molar-refractivity contribution is 5.85. The third-order valence-electron chi connectivity index (χ3n) is 4.68. The second-order valence-corrected chi connectivity index (χ2v) is 6.25. The van der Waals surface area contributed by atoms with Crippen molar-refractivity contribution in [2.24, 2.45) is 0 Å². The predicted molar refractivity (Wildman–Crippen MR) is 106 cm³/mol. The average Bonchev–Trinajstić information content (AvgIpc) is 2.90. The van der Waals surface area contributed by atoms with Crippen LogP contribution in [0.25, 0.3) is 0 Å². The molecule has 6 nitrogen and oxygen atoms in total. The Morgan fingerprint density at radius 2 is 1.84 bits per heavy atom. The number of hydrogen-bond donors (Lipinski definition) is 1. The Balaban J connectivity index is 0.00000156. The van der Waals surface area contributed by atoms with Crippen molar-refractivity contribution in [2.45, 2.75) is 12.8 Å². The maximum Gasteiger partial charge on any atom is 0.223 e. The van der Waals surface area contributed by atoms with Gasteiger partial charge in [0.25, 0.3) is 0 Å². The molecule has 1 aromatic rings. The number of hydrogen-bond acceptors (Lipinski definition) is 5. The van der Waals surface area contributed by atoms with Crippen molar-refractivity contribution < 1.29 is 4.79 Å². The Morgan fingerprint density at radius 1 is 1.04 bits per heavy atom. The normalized spacial score (nSPS) is 18.7. The summed E-state index contributed by atoms with van der Waals surface area (Å²) in [5.74, 6) is 1.36. The molecule has 3 rings (SSSR count). The van der Waals surface area contributed by atoms with Gasteiger partial charge in [0.05, 0.1) is 0 Å². The number of rotatable bonds is 4. The summed E-state index contributed by atoms with van der Waals surface area (Å²) in [6.45, 7) is 8.56. The number of halogens is 2. The highest BCUT2D eigenvalue weighted by atomic mass is 35.5. The van der Waals surface area contributed by atoms with Crippen LogP contribution in [0.3, 0.4) is 0 Å². The summed E-state index contributed by atoms with van der Waals surface area (Å²) in [6, 6.07) is 6.04. The first kappa shape index (κ1) is 22.0. The maximum atomic E-state index is 12.3. The molecule has 0 spiro atoms. The van der Waals surface area contributed by atoms with Gasteiger partial charge < -0.3 is 15.1 Å². The van der Waals surface area contributed by atoms with Gasteiger partial charge in [-0.15, -0.1) is 24.8 Å². The van der Waals surface area contributed by atoms with Gasteiger partial charge in [0.1, 0.15) is 5.82 Å². The number of piperazine rings is 1. The highest BCUT2D eigenvalue weighted by Gasteiger charge is 2.20. The van der Waals surface area contributed by atoms with Crippen molar-refractivity contribution in [3.63, 3.8) is 0 Å². The van der Waals surface area contributed by atoms with E-state index in [4.69, 9.17) is 0 Å². The molecule has 2 saturated heterocycles. The largest absolute Gasteiger partial charge is 0.354 e. The number of pyridine rings is 1. The standard InChI is InChI=1S/C17H27N5O.2ClH/c23-17(22-9-3-6-18-8-11-22)5-10-20-12-14-21(15-13-20)16-4-1-2-7-19-16;;/h1-2,4,7,18H,3,5-6,8-15H2;2*1H. The van der Waals surface area contributed by atoms with Crippen LogP contribution in [-0.4, -0.2) is 79.6 Å². The van der Waals surface area contributed by atoms with Crippen molar-refractivity contribution in [1.82, 2.24) is 20.1 Å². The monoisotopic (exact) mass is 389 g/mol. The Bertz CT molecular complexity index is 489. The fourth-order valence-corrected chi connectivity index (χ4v) is 3.25. The lowest BCUT2D eigenvalue weighted by Gasteiger charge is -2.35. The highest BCUT2D eigenvalue weighted by Crippen LogP contribution is 2.12. The quantitative estimate of drug-likeness (QED) is 0.839. The lowest BCUT2D eigenvalue weighted by atomic mass is 10.2. The molecule has 142 valence electrons. The van der Waals surface area contributed by atoms with E-state index in [1.807, 2.05) is 23.2 Å². The molecule has 0 atom stereocenters. The average molecular weight is 390 g/mol. The van der Waals surface area contributed by atoms with Crippen LogP contribution in [0.2, 0.25) is 0 Å². The van der Waals surface area contributed by atoms with Gasteiger partial charge in [-0.3, -0.25) is 9.69 Å². The molecule has 2 aliphatic heterocycles. The van der Waals surface area contributed by atoms with E-state index >= 15 is 0 Å². The summed E-state index contributed by atoms with van der Waals surface area (Å²) >= 11 is 0. The number of carbonyl (C=O) groups excluding carboxylic acids is 1. The first-order valence-corrected chi connectivity index (χ1v) is 8.70. The van der Waals surface area contributed by atoms with Gasteiger partial charge in [-0.25, -0.2) is 4.98 Å². The minimum Gasteiger partial charge on any atom is -0.354 e. The minimum atomic E-state index is 0. The lowest BCUT2D eigenvalue weighted by molar-refractivity contribution is -0.131. The number of nitrogens with one attached hydrogen (secondary N) is 1. The van der Waals surface area contributed by atoms with Gasteiger partial charge in [-0.2, -0.15) is 0 Å². The lowest BCUT2D eigenvalue weighted by Crippen LogP contribution is -2.47. The van der Waals surface area contributed by atoms with E-state index in [1.54, 1.807) is 0 Å². The fourth-order valence-electron chi connectivity index (χ4n) is 3.25. The van der Waals surface area contributed by atoms with Gasteiger partial charge in [-0.05, 0) is 25.1 Å². The molecule has 0 radical (unpaired) electrons. The molecule has 0 saturated carbocycles. The third-order valence-corrected chi connectivity index (χ3v) is 4.68. The number of aromatic nitrogens is 1. The molecule has 2 fully saturated rings. The van der Waals surface area contributed by atoms with Crippen molar-refractivity contribution in [2.75, 3.05) is 63.8 Å². The van der Waals surface area contributed by atoms with Crippen LogP contribution in [0.5, 0.6) is 0 Å². The number of carbonyl (C=O) groups is 1. The van der Waals surface area contributed by atoms with E-state index in [9.17, 15) is 4.79 Å². The Kier molecular flexibility index (Phi) is 10.1. The third kappa shape index (κ3) is 6.62. The molecule has 25 heavy (non-hydrogen) atoms. The second kappa shape index (κ2) is 11.5. The van der Waals surface area contributed by atoms with Crippen molar-refractivity contribution in [1.29, 1.82) is 0 Å². The Labute approximate surface area is 162 Å². The van der Waals surface area contributed by atoms with Crippen molar-refractivity contribution in [3.8, 4) is 0 Å². The van der Waals surface area contributed by atoms with Gasteiger partial charge in [-0.1, -0.05) is 6.07 Å². The van der Waals surface area contributed by atoms with Crippen LogP contribution in [0.1, 0.15) is 12.8 Å². The molecule has 0 aromatic carbocycles. The molecular weight excluding hydrogens is 361 g/mol. The van der Waals surface area contributed by atoms with Gasteiger partial charge in [0, 0.05) is 65.0 Å². The summed E-state index contributed by atoms with van der Waals surface area (Å²) in [5.41, 5.74) is 0. The molecule has 2 aliphatic rings. The topological polar surface area (TPSA) is 51.7 Å². The SMILES string of the molecule is Cl.Cl.O=C(CCN1CCN(c2ccccn2)CC1)N1CCCNCC1. The van der Waals surface area contributed by atoms with Gasteiger partial charge >= 0.3 is 0 Å². The number of amides is 1. The number of nitrogens with zero attached hydrogens (tertiary/aromatic N) is 4. The van der Waals surface area contributed by atoms with Crippen molar-refractivity contribution in [3.05, 3.63) is 24.4 Å². The first-order chi connectivity index (χ1) is 11.3. The van der Waals surface area contributed by atoms with Crippen LogP contribution < -0.4 is 10.2 Å². The summed E-state index contributed by atoms with van der Waals surface area (Å²) < 4.78 is 0. The minimum absolute atomic E-state index is 0. The summed E-state index contributed by atoms with van der Waals surface area (Å²) in [7, 11) is 0. The summed E-state index contributed by atoms with van der Waals surface area (Å²) in [5, 5.41) is 3.34. The summed E-state index contributed by atoms with van der Waals surface area (Å²) in [6.07, 6.45) is 3.55. The van der Waals surface area contributed by atoms with Gasteiger partial charge in [0.2, 0.25) is 5.91 Å². The van der Waals surface area contributed by atoms with E-state index in [-0.39, 0.29) is 24.8 Å². The van der Waals surface area contributed by atoms with Crippen LogP contribution in [-0.2, 0) is 4.79 Å². The molecule has 0 unspecified atom stereocenters. The number of anilines is 1. The van der Waals surface area contributed by atoms with Crippen LogP contribution in [0.15, 0.2) is 24.4 Å². The molecule has 1 aromatic heterocycles. The molecular formula is C17H29Cl2N5O. The van der Waals surface area contributed by atoms with E-state index in [2.05, 4.69) is 26.2 Å². The van der Waals surface area contributed by atoms with E-state index in [0.29, 0.717) is 12.3 Å². The zero-order chi connectivity index (χ0) is 15.9. The molecule has 0 aliphatic carbocycles. The molecule has 0 bridgehead atoms. The van der Waals surface area contributed by atoms with E-state index in [0.717, 1.165) is 71.1 Å². The smallest absolute Gasteiger partial charge is 0.223 e. The fraction of sp³-hybridized carbons (Fsp3) is 0.647. The van der Waals surface area contributed by atoms with Gasteiger partial charge in [0.15, 0.2) is 0 Å². The zero-order valence-electron chi connectivity index (χ0n) is 14.6. The van der Waals surface area contributed by atoms with E-state index in [1.165, 1.54) is 0 Å². The maximum absolute atomic E-state index is 12.3. The molecule has 3 heterocycles. The van der Waals surface area contributed by atoms with Crippen LogP contribution in [0, 0.1) is 0 Å². The first-order valence-electron chi connectivity index (χ1n) is 8.70. The zero-order valence-corrected chi connectivity index (χ0v) is 16.2. The summed E-state index contributed by atoms with van der Waals surface area (Å²) in [4.78, 5) is 23.5. The van der Waals surface area contributed by atoms with Crippen LogP contribution >= 0.6 is 24.8 Å². The van der Waals surface area contributed by atoms with E-state index < -0.39 is 0 Å².